The van der Waals surface area contributed by atoms with Gasteiger partial charge < -0.3 is 9.47 Å². The lowest BCUT2D eigenvalue weighted by atomic mass is 10.0. The monoisotopic (exact) mass is 480 g/mol. The largest absolute Gasteiger partial charge is 0.493 e. The number of nitrogens with zero attached hydrogens (tertiary/aromatic N) is 2. The lowest BCUT2D eigenvalue weighted by molar-refractivity contribution is -0.116. The van der Waals surface area contributed by atoms with Crippen molar-refractivity contribution in [3.8, 4) is 11.5 Å². The van der Waals surface area contributed by atoms with Crippen LogP contribution < -0.4 is 13.8 Å². The van der Waals surface area contributed by atoms with E-state index < -0.39 is 26.0 Å². The van der Waals surface area contributed by atoms with Crippen LogP contribution in [0.25, 0.3) is 0 Å². The smallest absolute Gasteiger partial charge is 0.243 e. The third-order valence-electron chi connectivity index (χ3n) is 5.77. The summed E-state index contributed by atoms with van der Waals surface area (Å²) in [6.07, 6.45) is 0.440. The van der Waals surface area contributed by atoms with Gasteiger partial charge in [0.2, 0.25) is 26.0 Å². The van der Waals surface area contributed by atoms with Crippen LogP contribution in [0.15, 0.2) is 35.2 Å². The molecule has 172 valence electrons. The van der Waals surface area contributed by atoms with Gasteiger partial charge in [0.05, 0.1) is 30.6 Å². The van der Waals surface area contributed by atoms with Gasteiger partial charge >= 0.3 is 0 Å². The Hall–Kier alpha value is -2.63. The van der Waals surface area contributed by atoms with Crippen LogP contribution in [-0.4, -0.2) is 53.6 Å². The summed E-state index contributed by atoms with van der Waals surface area (Å²) in [5.74, 6) is 0.367. The zero-order valence-corrected chi connectivity index (χ0v) is 19.6. The van der Waals surface area contributed by atoms with Crippen molar-refractivity contribution < 1.29 is 31.1 Å². The predicted octanol–water partition coefficient (Wildman–Crippen LogP) is 1.83. The Morgan fingerprint density at radius 3 is 2.19 bits per heavy atom. The summed E-state index contributed by atoms with van der Waals surface area (Å²) >= 11 is 0. The Labute approximate surface area is 187 Å². The molecular weight excluding hydrogens is 456 g/mol. The third kappa shape index (κ3) is 3.74. The average molecular weight is 481 g/mol. The second-order valence-corrected chi connectivity index (χ2v) is 11.6. The molecule has 0 unspecified atom stereocenters. The van der Waals surface area contributed by atoms with E-state index in [4.69, 9.17) is 9.47 Å². The summed E-state index contributed by atoms with van der Waals surface area (Å²) in [5.41, 5.74) is 2.36. The van der Waals surface area contributed by atoms with Crippen LogP contribution in [0.2, 0.25) is 0 Å². The van der Waals surface area contributed by atoms with Crippen molar-refractivity contribution in [2.75, 3.05) is 30.8 Å². The number of sulfonamides is 2. The first-order valence-corrected chi connectivity index (χ1v) is 13.0. The van der Waals surface area contributed by atoms with Gasteiger partial charge in [0.15, 0.2) is 11.5 Å². The van der Waals surface area contributed by atoms with Crippen LogP contribution in [-0.2, 0) is 37.8 Å². The SMILES string of the molecule is COc1cc2c(cc1OC)CN(S(=O)(=O)c1ccc(N3C(=O)CCS3(=O)=O)cc1C)CC2. The van der Waals surface area contributed by atoms with Crippen LogP contribution in [0, 0.1) is 6.92 Å². The second kappa shape index (κ2) is 8.05. The molecule has 2 aliphatic heterocycles. The molecule has 0 atom stereocenters. The predicted molar refractivity (Wildman–Crippen MR) is 118 cm³/mol. The average Bonchev–Trinajstić information content (AvgIpc) is 3.03. The number of methoxy groups -OCH3 is 2. The normalized spacial score (nSPS) is 18.5. The summed E-state index contributed by atoms with van der Waals surface area (Å²) in [6.45, 7) is 2.07. The van der Waals surface area contributed by atoms with E-state index in [-0.39, 0.29) is 29.3 Å². The molecule has 1 saturated heterocycles. The molecule has 1 fully saturated rings. The summed E-state index contributed by atoms with van der Waals surface area (Å²) < 4.78 is 64.0. The van der Waals surface area contributed by atoms with Crippen LogP contribution in [0.5, 0.6) is 11.5 Å². The van der Waals surface area contributed by atoms with Crippen molar-refractivity contribution >= 4 is 31.6 Å². The van der Waals surface area contributed by atoms with E-state index in [0.29, 0.717) is 30.0 Å². The zero-order valence-electron chi connectivity index (χ0n) is 18.0. The number of fused-ring (bicyclic) bond motifs is 1. The molecule has 2 aliphatic rings. The van der Waals surface area contributed by atoms with E-state index in [1.54, 1.807) is 20.1 Å². The van der Waals surface area contributed by atoms with Gasteiger partial charge in [-0.3, -0.25) is 4.79 Å². The van der Waals surface area contributed by atoms with Crippen LogP contribution in [0.1, 0.15) is 23.1 Å². The molecule has 1 amide bonds. The van der Waals surface area contributed by atoms with Gasteiger partial charge in [-0.15, -0.1) is 0 Å². The van der Waals surface area contributed by atoms with Crippen molar-refractivity contribution in [2.24, 2.45) is 0 Å². The van der Waals surface area contributed by atoms with Gasteiger partial charge in [-0.05, 0) is 60.4 Å². The molecule has 0 bridgehead atoms. The summed E-state index contributed by atoms with van der Waals surface area (Å²) in [4.78, 5) is 12.1. The first kappa shape index (κ1) is 22.6. The fraction of sp³-hybridized carbons (Fsp3) is 0.381. The van der Waals surface area contributed by atoms with Crippen molar-refractivity contribution in [1.82, 2.24) is 4.31 Å². The molecule has 0 aliphatic carbocycles. The molecule has 9 nitrogen and oxygen atoms in total. The fourth-order valence-corrected chi connectivity index (χ4v) is 7.20. The summed E-state index contributed by atoms with van der Waals surface area (Å²) in [6, 6.07) is 7.82. The topological polar surface area (TPSA) is 110 Å². The molecule has 2 aromatic carbocycles. The van der Waals surface area contributed by atoms with Crippen molar-refractivity contribution in [2.45, 2.75) is 31.2 Å². The van der Waals surface area contributed by atoms with Crippen LogP contribution >= 0.6 is 0 Å². The van der Waals surface area contributed by atoms with Crippen LogP contribution in [0.3, 0.4) is 0 Å². The van der Waals surface area contributed by atoms with E-state index in [1.807, 2.05) is 6.07 Å². The van der Waals surface area contributed by atoms with E-state index in [9.17, 15) is 21.6 Å². The Bertz CT molecular complexity index is 1300. The molecule has 0 saturated carbocycles. The van der Waals surface area contributed by atoms with Gasteiger partial charge in [-0.25, -0.2) is 21.1 Å². The van der Waals surface area contributed by atoms with Gasteiger partial charge in [0, 0.05) is 19.5 Å². The number of hydrogen-bond acceptors (Lipinski definition) is 7. The number of anilines is 1. The van der Waals surface area contributed by atoms with Crippen molar-refractivity contribution in [3.05, 3.63) is 47.0 Å². The Morgan fingerprint density at radius 1 is 0.969 bits per heavy atom. The maximum Gasteiger partial charge on any atom is 0.243 e. The van der Waals surface area contributed by atoms with Gasteiger partial charge in [0.1, 0.15) is 0 Å². The maximum absolute atomic E-state index is 13.4. The lowest BCUT2D eigenvalue weighted by Crippen LogP contribution is -2.36. The Kier molecular flexibility index (Phi) is 5.68. The van der Waals surface area contributed by atoms with Gasteiger partial charge in [-0.2, -0.15) is 4.31 Å². The fourth-order valence-electron chi connectivity index (χ4n) is 4.12. The van der Waals surface area contributed by atoms with Gasteiger partial charge in [-0.1, -0.05) is 0 Å². The standard InChI is InChI=1S/C21H24N2O7S2/c1-14-10-17(23-21(24)7-9-31(23,25)26)4-5-20(14)32(27,28)22-8-6-15-11-18(29-2)19(30-3)12-16(15)13-22/h4-5,10-12H,6-9,13H2,1-3H3. The molecule has 2 aromatic rings. The van der Waals surface area contributed by atoms with E-state index in [0.717, 1.165) is 15.4 Å². The number of rotatable bonds is 5. The Morgan fingerprint density at radius 2 is 1.62 bits per heavy atom. The number of aryl methyl sites for hydroxylation is 1. The highest BCUT2D eigenvalue weighted by Crippen LogP contribution is 2.35. The number of amides is 1. The number of carbonyl (C=O) groups excluding carboxylic acids is 1. The number of carbonyl (C=O) groups is 1. The molecule has 0 radical (unpaired) electrons. The minimum Gasteiger partial charge on any atom is -0.493 e. The summed E-state index contributed by atoms with van der Waals surface area (Å²) in [5, 5.41) is 0. The van der Waals surface area contributed by atoms with Crippen LogP contribution in [0.4, 0.5) is 5.69 Å². The third-order valence-corrected chi connectivity index (χ3v) is 9.47. The van der Waals surface area contributed by atoms with E-state index >= 15 is 0 Å². The summed E-state index contributed by atoms with van der Waals surface area (Å²) in [7, 11) is -4.49. The zero-order chi connectivity index (χ0) is 23.3. The maximum atomic E-state index is 13.4. The minimum atomic E-state index is -3.84. The lowest BCUT2D eigenvalue weighted by Gasteiger charge is -2.29. The number of benzene rings is 2. The Balaban J connectivity index is 1.65. The molecule has 4 rings (SSSR count). The molecule has 2 heterocycles. The molecule has 32 heavy (non-hydrogen) atoms. The molecule has 0 N–H and O–H groups in total. The molecular formula is C21H24N2O7S2. The highest BCUT2D eigenvalue weighted by Gasteiger charge is 2.37. The molecule has 0 aromatic heterocycles. The van der Waals surface area contributed by atoms with Crippen molar-refractivity contribution in [3.63, 3.8) is 0 Å². The van der Waals surface area contributed by atoms with E-state index in [1.165, 1.54) is 29.6 Å². The van der Waals surface area contributed by atoms with Gasteiger partial charge in [0.25, 0.3) is 0 Å². The van der Waals surface area contributed by atoms with Crippen molar-refractivity contribution in [1.29, 1.82) is 0 Å². The second-order valence-electron chi connectivity index (χ2n) is 7.74. The first-order valence-electron chi connectivity index (χ1n) is 9.99. The minimum absolute atomic E-state index is 0.0780. The highest BCUT2D eigenvalue weighted by atomic mass is 32.2. The highest BCUT2D eigenvalue weighted by molar-refractivity contribution is 7.94. The molecule has 0 spiro atoms. The molecule has 11 heteroatoms. The number of ether oxygens (including phenoxy) is 2. The number of hydrogen-bond donors (Lipinski definition) is 0. The van der Waals surface area contributed by atoms with E-state index in [2.05, 4.69) is 0 Å². The first-order chi connectivity index (χ1) is 15.1. The quantitative estimate of drug-likeness (QED) is 0.642.